The van der Waals surface area contributed by atoms with Gasteiger partial charge in [-0.05, 0) is 32.1 Å². The van der Waals surface area contributed by atoms with Gasteiger partial charge in [0.05, 0.1) is 0 Å². The van der Waals surface area contributed by atoms with Gasteiger partial charge in [-0.1, -0.05) is 26.3 Å². The summed E-state index contributed by atoms with van der Waals surface area (Å²) in [6.45, 7) is 7.14. The molecule has 0 radical (unpaired) electrons. The SMILES string of the molecule is CCC(C)CNc1cccc(OCCN(C)C)c1. The van der Waals surface area contributed by atoms with Crippen LogP contribution in [0.5, 0.6) is 5.75 Å². The van der Waals surface area contributed by atoms with Crippen molar-refractivity contribution in [3.05, 3.63) is 24.3 Å². The van der Waals surface area contributed by atoms with Crippen LogP contribution in [0.4, 0.5) is 5.69 Å². The smallest absolute Gasteiger partial charge is 0.121 e. The molecule has 1 unspecified atom stereocenters. The Morgan fingerprint density at radius 3 is 2.78 bits per heavy atom. The lowest BCUT2D eigenvalue weighted by molar-refractivity contribution is 0.261. The molecular weight excluding hydrogens is 224 g/mol. The van der Waals surface area contributed by atoms with Crippen LogP contribution in [0.25, 0.3) is 0 Å². The van der Waals surface area contributed by atoms with Crippen molar-refractivity contribution >= 4 is 5.69 Å². The fourth-order valence-electron chi connectivity index (χ4n) is 1.48. The maximum absolute atomic E-state index is 5.71. The Balaban J connectivity index is 2.41. The molecule has 3 heteroatoms. The first kappa shape index (κ1) is 14.8. The number of nitrogens with one attached hydrogen (secondary N) is 1. The number of ether oxygens (including phenoxy) is 1. The molecule has 0 heterocycles. The fraction of sp³-hybridized carbons (Fsp3) is 0.600. The molecule has 0 saturated carbocycles. The lowest BCUT2D eigenvalue weighted by Crippen LogP contribution is -2.19. The second kappa shape index (κ2) is 7.98. The van der Waals surface area contributed by atoms with Gasteiger partial charge >= 0.3 is 0 Å². The topological polar surface area (TPSA) is 24.5 Å². The third-order valence-electron chi connectivity index (χ3n) is 2.99. The van der Waals surface area contributed by atoms with Crippen molar-refractivity contribution in [1.29, 1.82) is 0 Å². The molecule has 1 N–H and O–H groups in total. The highest BCUT2D eigenvalue weighted by Gasteiger charge is 2.00. The number of benzene rings is 1. The van der Waals surface area contributed by atoms with Crippen LogP contribution in [0.1, 0.15) is 20.3 Å². The summed E-state index contributed by atoms with van der Waals surface area (Å²) in [5.41, 5.74) is 1.14. The first-order valence-corrected chi connectivity index (χ1v) is 6.73. The zero-order valence-corrected chi connectivity index (χ0v) is 12.1. The average molecular weight is 250 g/mol. The maximum Gasteiger partial charge on any atom is 0.121 e. The quantitative estimate of drug-likeness (QED) is 0.767. The molecule has 0 bridgehead atoms. The van der Waals surface area contributed by atoms with Crippen LogP contribution in [-0.4, -0.2) is 38.7 Å². The summed E-state index contributed by atoms with van der Waals surface area (Å²) >= 11 is 0. The molecule has 0 aromatic heterocycles. The second-order valence-electron chi connectivity index (χ2n) is 5.07. The van der Waals surface area contributed by atoms with Crippen molar-refractivity contribution in [3.63, 3.8) is 0 Å². The van der Waals surface area contributed by atoms with Gasteiger partial charge in [-0.2, -0.15) is 0 Å². The van der Waals surface area contributed by atoms with Gasteiger partial charge in [0.15, 0.2) is 0 Å². The Morgan fingerprint density at radius 2 is 2.11 bits per heavy atom. The van der Waals surface area contributed by atoms with E-state index in [0.717, 1.165) is 31.1 Å². The molecule has 1 aromatic rings. The van der Waals surface area contributed by atoms with Gasteiger partial charge in [-0.3, -0.25) is 0 Å². The summed E-state index contributed by atoms with van der Waals surface area (Å²) in [5.74, 6) is 1.63. The van der Waals surface area contributed by atoms with E-state index in [9.17, 15) is 0 Å². The third-order valence-corrected chi connectivity index (χ3v) is 2.99. The summed E-state index contributed by atoms with van der Waals surface area (Å²) in [7, 11) is 4.10. The zero-order valence-electron chi connectivity index (χ0n) is 12.1. The average Bonchev–Trinajstić information content (AvgIpc) is 2.36. The largest absolute Gasteiger partial charge is 0.492 e. The van der Waals surface area contributed by atoms with Crippen molar-refractivity contribution in [3.8, 4) is 5.75 Å². The molecule has 0 spiro atoms. The number of anilines is 1. The van der Waals surface area contributed by atoms with E-state index in [0.29, 0.717) is 5.92 Å². The van der Waals surface area contributed by atoms with Crippen LogP contribution in [0, 0.1) is 5.92 Å². The number of hydrogen-bond donors (Lipinski definition) is 1. The summed E-state index contributed by atoms with van der Waals surface area (Å²) in [6, 6.07) is 8.19. The van der Waals surface area contributed by atoms with Crippen molar-refractivity contribution in [2.24, 2.45) is 5.92 Å². The standard InChI is InChI=1S/C15H26N2O/c1-5-13(2)12-16-14-7-6-8-15(11-14)18-10-9-17(3)4/h6-8,11,13,16H,5,9-10,12H2,1-4H3. The molecule has 1 aromatic carbocycles. The Bertz CT molecular complexity index is 339. The van der Waals surface area contributed by atoms with E-state index in [1.54, 1.807) is 0 Å². The van der Waals surface area contributed by atoms with Gasteiger partial charge in [0, 0.05) is 24.8 Å². The fourth-order valence-corrected chi connectivity index (χ4v) is 1.48. The van der Waals surface area contributed by atoms with Crippen LogP contribution < -0.4 is 10.1 Å². The van der Waals surface area contributed by atoms with Crippen molar-refractivity contribution < 1.29 is 4.74 Å². The van der Waals surface area contributed by atoms with E-state index in [1.165, 1.54) is 6.42 Å². The molecule has 102 valence electrons. The summed E-state index contributed by atoms with van der Waals surface area (Å²) in [6.07, 6.45) is 1.20. The van der Waals surface area contributed by atoms with Crippen molar-refractivity contribution in [1.82, 2.24) is 4.90 Å². The molecule has 0 amide bonds. The number of likely N-dealkylation sites (N-methyl/N-ethyl adjacent to an activating group) is 1. The minimum absolute atomic E-state index is 0.698. The minimum Gasteiger partial charge on any atom is -0.492 e. The van der Waals surface area contributed by atoms with Gasteiger partial charge < -0.3 is 15.0 Å². The molecule has 0 aliphatic carbocycles. The highest BCUT2D eigenvalue weighted by molar-refractivity contribution is 5.48. The summed E-state index contributed by atoms with van der Waals surface area (Å²) in [4.78, 5) is 2.12. The normalized spacial score (nSPS) is 12.5. The van der Waals surface area contributed by atoms with Gasteiger partial charge in [0.2, 0.25) is 0 Å². The monoisotopic (exact) mass is 250 g/mol. The molecule has 1 atom stereocenters. The lowest BCUT2D eigenvalue weighted by atomic mass is 10.1. The van der Waals surface area contributed by atoms with E-state index in [2.05, 4.69) is 36.2 Å². The lowest BCUT2D eigenvalue weighted by Gasteiger charge is -2.14. The second-order valence-corrected chi connectivity index (χ2v) is 5.07. The molecule has 0 aliphatic heterocycles. The van der Waals surface area contributed by atoms with Crippen LogP contribution in [-0.2, 0) is 0 Å². The van der Waals surface area contributed by atoms with Crippen molar-refractivity contribution in [2.45, 2.75) is 20.3 Å². The molecule has 18 heavy (non-hydrogen) atoms. The van der Waals surface area contributed by atoms with Crippen LogP contribution in [0.2, 0.25) is 0 Å². The predicted molar refractivity (Wildman–Crippen MR) is 78.4 cm³/mol. The molecule has 1 rings (SSSR count). The van der Waals surface area contributed by atoms with E-state index in [-0.39, 0.29) is 0 Å². The number of hydrogen-bond acceptors (Lipinski definition) is 3. The van der Waals surface area contributed by atoms with Crippen LogP contribution in [0.3, 0.4) is 0 Å². The zero-order chi connectivity index (χ0) is 13.4. The van der Waals surface area contributed by atoms with E-state index >= 15 is 0 Å². The van der Waals surface area contributed by atoms with E-state index in [1.807, 2.05) is 26.2 Å². The molecule has 3 nitrogen and oxygen atoms in total. The van der Waals surface area contributed by atoms with Gasteiger partial charge in [0.1, 0.15) is 12.4 Å². The molecule has 0 aliphatic rings. The first-order chi connectivity index (χ1) is 8.61. The van der Waals surface area contributed by atoms with Gasteiger partial charge in [-0.15, -0.1) is 0 Å². The predicted octanol–water partition coefficient (Wildman–Crippen LogP) is 3.09. The van der Waals surface area contributed by atoms with Crippen LogP contribution >= 0.6 is 0 Å². The Labute approximate surface area is 111 Å². The Kier molecular flexibility index (Phi) is 6.58. The van der Waals surface area contributed by atoms with Gasteiger partial charge in [0.25, 0.3) is 0 Å². The summed E-state index contributed by atoms with van der Waals surface area (Å²) < 4.78 is 5.71. The highest BCUT2D eigenvalue weighted by Crippen LogP contribution is 2.17. The maximum atomic E-state index is 5.71. The van der Waals surface area contributed by atoms with E-state index < -0.39 is 0 Å². The van der Waals surface area contributed by atoms with E-state index in [4.69, 9.17) is 4.74 Å². The van der Waals surface area contributed by atoms with Gasteiger partial charge in [-0.25, -0.2) is 0 Å². The molecule has 0 saturated heterocycles. The van der Waals surface area contributed by atoms with Crippen LogP contribution in [0.15, 0.2) is 24.3 Å². The molecule has 0 fully saturated rings. The third kappa shape index (κ3) is 5.92. The Morgan fingerprint density at radius 1 is 1.33 bits per heavy atom. The summed E-state index contributed by atoms with van der Waals surface area (Å²) in [5, 5.41) is 3.44. The molecular formula is C15H26N2O. The first-order valence-electron chi connectivity index (χ1n) is 6.73. The number of rotatable bonds is 8. The Hall–Kier alpha value is -1.22. The minimum atomic E-state index is 0.698. The van der Waals surface area contributed by atoms with Crippen molar-refractivity contribution in [2.75, 3.05) is 39.1 Å². The number of nitrogens with zero attached hydrogens (tertiary/aromatic N) is 1. The highest BCUT2D eigenvalue weighted by atomic mass is 16.5.